The quantitative estimate of drug-likeness (QED) is 0.0279. The number of carbonyl (C=O) groups excluding carboxylic acids is 2. The van der Waals surface area contributed by atoms with Gasteiger partial charge in [0, 0.05) is 19.4 Å². The van der Waals surface area contributed by atoms with Gasteiger partial charge in [-0.3, -0.25) is 18.6 Å². The molecule has 0 aliphatic carbocycles. The number of hydrogen-bond donors (Lipinski definition) is 2. The van der Waals surface area contributed by atoms with E-state index in [0.717, 1.165) is 89.9 Å². The van der Waals surface area contributed by atoms with Crippen LogP contribution in [0.4, 0.5) is 0 Å². The summed E-state index contributed by atoms with van der Waals surface area (Å²) < 4.78 is 32.7. The van der Waals surface area contributed by atoms with E-state index in [0.29, 0.717) is 12.8 Å². The zero-order valence-corrected chi connectivity index (χ0v) is 33.0. The third-order valence-corrected chi connectivity index (χ3v) is 8.87. The highest BCUT2D eigenvalue weighted by molar-refractivity contribution is 7.47. The number of rotatable bonds is 36. The summed E-state index contributed by atoms with van der Waals surface area (Å²) in [6, 6.07) is 0. The summed E-state index contributed by atoms with van der Waals surface area (Å²) >= 11 is 0. The summed E-state index contributed by atoms with van der Waals surface area (Å²) in [6.07, 6.45) is 42.4. The van der Waals surface area contributed by atoms with Gasteiger partial charge in [0.1, 0.15) is 6.61 Å². The van der Waals surface area contributed by atoms with E-state index in [1.54, 1.807) is 0 Å². The third kappa shape index (κ3) is 37.3. The number of esters is 2. The van der Waals surface area contributed by atoms with Crippen molar-refractivity contribution < 1.29 is 37.6 Å². The van der Waals surface area contributed by atoms with E-state index in [1.807, 2.05) is 0 Å². The van der Waals surface area contributed by atoms with Gasteiger partial charge < -0.3 is 20.1 Å². The first-order valence-corrected chi connectivity index (χ1v) is 21.3. The van der Waals surface area contributed by atoms with E-state index < -0.39 is 32.5 Å². The van der Waals surface area contributed by atoms with Crippen molar-refractivity contribution in [2.24, 2.45) is 5.73 Å². The van der Waals surface area contributed by atoms with E-state index >= 15 is 0 Å². The van der Waals surface area contributed by atoms with Gasteiger partial charge in [-0.2, -0.15) is 0 Å². The van der Waals surface area contributed by atoms with Crippen LogP contribution in [-0.4, -0.2) is 49.3 Å². The van der Waals surface area contributed by atoms with Crippen LogP contribution in [0.1, 0.15) is 155 Å². The molecule has 0 spiro atoms. The number of phosphoric ester groups is 1. The maximum atomic E-state index is 12.5. The topological polar surface area (TPSA) is 134 Å². The van der Waals surface area contributed by atoms with E-state index in [4.69, 9.17) is 24.3 Å². The Kier molecular flexibility index (Phi) is 35.8. The van der Waals surface area contributed by atoms with Crippen LogP contribution in [0, 0.1) is 0 Å². The molecule has 2 unspecified atom stereocenters. The van der Waals surface area contributed by atoms with Crippen LogP contribution in [0.2, 0.25) is 0 Å². The Morgan fingerprint density at radius 3 is 1.61 bits per heavy atom. The van der Waals surface area contributed by atoms with Crippen LogP contribution in [0.25, 0.3) is 0 Å². The second-order valence-corrected chi connectivity index (χ2v) is 14.2. The Bertz CT molecular complexity index is 1020. The lowest BCUT2D eigenvalue weighted by Gasteiger charge is -2.19. The molecule has 0 aliphatic heterocycles. The number of hydrogen-bond acceptors (Lipinski definition) is 8. The zero-order valence-electron chi connectivity index (χ0n) is 32.1. The molecule has 9 nitrogen and oxygen atoms in total. The van der Waals surface area contributed by atoms with Gasteiger partial charge in [-0.05, 0) is 77.0 Å². The summed E-state index contributed by atoms with van der Waals surface area (Å²) in [4.78, 5) is 34.8. The molecule has 3 N–H and O–H groups in total. The molecule has 10 heteroatoms. The van der Waals surface area contributed by atoms with Gasteiger partial charge in [0.25, 0.3) is 0 Å². The molecule has 51 heavy (non-hydrogen) atoms. The molecule has 0 bridgehead atoms. The van der Waals surface area contributed by atoms with Crippen molar-refractivity contribution in [3.8, 4) is 0 Å². The zero-order chi connectivity index (χ0) is 37.5. The molecule has 0 aromatic rings. The predicted octanol–water partition coefficient (Wildman–Crippen LogP) is 10.9. The van der Waals surface area contributed by atoms with E-state index in [-0.39, 0.29) is 32.6 Å². The van der Waals surface area contributed by atoms with Crippen molar-refractivity contribution in [1.29, 1.82) is 0 Å². The standard InChI is InChI=1S/C41H72NO8P/c1-3-5-7-9-11-13-15-17-19-21-23-25-27-29-31-33-40(43)47-37-39(38-49-51(45,46)48-36-35-42)50-41(44)34-32-30-28-26-24-22-20-18-16-14-12-10-8-6-4-2/h6,8,11-14,17-20,39H,3-5,7,9-10,15-16,21-38,42H2,1-2H3,(H,45,46)/b8-6-,13-11-,14-12-,19-17-,20-18-. The smallest absolute Gasteiger partial charge is 0.462 e. The molecule has 0 heterocycles. The van der Waals surface area contributed by atoms with Crippen molar-refractivity contribution in [1.82, 2.24) is 0 Å². The first kappa shape index (κ1) is 48.7. The van der Waals surface area contributed by atoms with Gasteiger partial charge in [0.2, 0.25) is 0 Å². The monoisotopic (exact) mass is 737 g/mol. The first-order chi connectivity index (χ1) is 24.8. The lowest BCUT2D eigenvalue weighted by molar-refractivity contribution is -0.161. The molecule has 0 radical (unpaired) electrons. The molecular formula is C41H72NO8P. The molecular weight excluding hydrogens is 665 g/mol. The average Bonchev–Trinajstić information content (AvgIpc) is 3.11. The Labute approximate surface area is 310 Å². The second kappa shape index (κ2) is 37.5. The largest absolute Gasteiger partial charge is 0.472 e. The predicted molar refractivity (Wildman–Crippen MR) is 210 cm³/mol. The molecule has 0 aliphatic rings. The molecule has 0 rings (SSSR count). The summed E-state index contributed by atoms with van der Waals surface area (Å²) in [7, 11) is -4.38. The fourth-order valence-electron chi connectivity index (χ4n) is 4.97. The molecule has 294 valence electrons. The van der Waals surface area contributed by atoms with Gasteiger partial charge in [0.15, 0.2) is 6.10 Å². The van der Waals surface area contributed by atoms with Crippen LogP contribution >= 0.6 is 7.82 Å². The Hall–Kier alpha value is -2.29. The van der Waals surface area contributed by atoms with Crippen molar-refractivity contribution in [2.45, 2.75) is 161 Å². The Morgan fingerprint density at radius 1 is 0.608 bits per heavy atom. The van der Waals surface area contributed by atoms with Crippen LogP contribution in [0.3, 0.4) is 0 Å². The van der Waals surface area contributed by atoms with Gasteiger partial charge >= 0.3 is 19.8 Å². The van der Waals surface area contributed by atoms with E-state index in [2.05, 4.69) is 74.6 Å². The third-order valence-electron chi connectivity index (χ3n) is 7.89. The average molecular weight is 738 g/mol. The number of carbonyl (C=O) groups is 2. The fraction of sp³-hybridized carbons (Fsp3) is 0.707. The van der Waals surface area contributed by atoms with Gasteiger partial charge in [0.05, 0.1) is 13.2 Å². The molecule has 0 saturated carbocycles. The highest BCUT2D eigenvalue weighted by Gasteiger charge is 2.25. The second-order valence-electron chi connectivity index (χ2n) is 12.8. The van der Waals surface area contributed by atoms with Crippen molar-refractivity contribution >= 4 is 19.8 Å². The van der Waals surface area contributed by atoms with Crippen molar-refractivity contribution in [3.05, 3.63) is 60.8 Å². The van der Waals surface area contributed by atoms with Crippen LogP contribution in [-0.2, 0) is 32.7 Å². The minimum absolute atomic E-state index is 0.0455. The van der Waals surface area contributed by atoms with Crippen LogP contribution < -0.4 is 5.73 Å². The van der Waals surface area contributed by atoms with Crippen LogP contribution in [0.15, 0.2) is 60.8 Å². The number of allylic oxidation sites excluding steroid dienone is 10. The lowest BCUT2D eigenvalue weighted by atomic mass is 10.1. The summed E-state index contributed by atoms with van der Waals surface area (Å²) in [5.74, 6) is -0.871. The first-order valence-electron chi connectivity index (χ1n) is 19.8. The highest BCUT2D eigenvalue weighted by Crippen LogP contribution is 2.43. The Balaban J connectivity index is 4.27. The van der Waals surface area contributed by atoms with E-state index in [1.165, 1.54) is 25.7 Å². The maximum Gasteiger partial charge on any atom is 0.472 e. The number of nitrogens with two attached hydrogens (primary N) is 1. The molecule has 0 aromatic heterocycles. The molecule has 0 aromatic carbocycles. The van der Waals surface area contributed by atoms with Gasteiger partial charge in [-0.1, -0.05) is 126 Å². The summed E-state index contributed by atoms with van der Waals surface area (Å²) in [5.41, 5.74) is 5.33. The maximum absolute atomic E-state index is 12.5. The SMILES string of the molecule is CC/C=C\C/C=C\C/C=C\CCCCCCCC(=O)OC(COC(=O)CCCCCCC/C=C\C/C=C\CCCCC)COP(=O)(O)OCCN. The summed E-state index contributed by atoms with van der Waals surface area (Å²) in [5, 5.41) is 0. The lowest BCUT2D eigenvalue weighted by Crippen LogP contribution is -2.29. The van der Waals surface area contributed by atoms with Crippen LogP contribution in [0.5, 0.6) is 0 Å². The number of unbranched alkanes of at least 4 members (excludes halogenated alkanes) is 13. The number of phosphoric acid groups is 1. The van der Waals surface area contributed by atoms with Crippen molar-refractivity contribution in [2.75, 3.05) is 26.4 Å². The van der Waals surface area contributed by atoms with Gasteiger partial charge in [-0.15, -0.1) is 0 Å². The summed E-state index contributed by atoms with van der Waals surface area (Å²) in [6.45, 7) is 3.53. The molecule has 0 saturated heterocycles. The minimum Gasteiger partial charge on any atom is -0.462 e. The minimum atomic E-state index is -4.38. The van der Waals surface area contributed by atoms with E-state index in [9.17, 15) is 19.0 Å². The normalized spacial score (nSPS) is 14.0. The Morgan fingerprint density at radius 2 is 1.08 bits per heavy atom. The fourth-order valence-corrected chi connectivity index (χ4v) is 5.74. The van der Waals surface area contributed by atoms with Gasteiger partial charge in [-0.25, -0.2) is 4.57 Å². The van der Waals surface area contributed by atoms with Crippen molar-refractivity contribution in [3.63, 3.8) is 0 Å². The molecule has 0 fully saturated rings. The number of ether oxygens (including phenoxy) is 2. The molecule has 2 atom stereocenters. The highest BCUT2D eigenvalue weighted by atomic mass is 31.2. The molecule has 0 amide bonds.